The number of aromatic nitrogens is 4. The van der Waals surface area contributed by atoms with E-state index in [4.69, 9.17) is 19.4 Å². The molecule has 214 valence electrons. The summed E-state index contributed by atoms with van der Waals surface area (Å²) in [4.78, 5) is 39.7. The molecule has 2 aromatic carbocycles. The van der Waals surface area contributed by atoms with Crippen LogP contribution in [0.15, 0.2) is 66.0 Å². The van der Waals surface area contributed by atoms with Crippen LogP contribution in [0.5, 0.6) is 0 Å². The van der Waals surface area contributed by atoms with E-state index in [1.165, 1.54) is 0 Å². The van der Waals surface area contributed by atoms with Gasteiger partial charge in [0.25, 0.3) is 0 Å². The van der Waals surface area contributed by atoms with Crippen LogP contribution in [0, 0.1) is 0 Å². The van der Waals surface area contributed by atoms with Crippen molar-refractivity contribution in [3.63, 3.8) is 0 Å². The second-order valence-electron chi connectivity index (χ2n) is 11.9. The second kappa shape index (κ2) is 11.1. The van der Waals surface area contributed by atoms with Gasteiger partial charge in [0.15, 0.2) is 0 Å². The highest BCUT2D eigenvalue weighted by Gasteiger charge is 2.27. The minimum atomic E-state index is -0.672. The van der Waals surface area contributed by atoms with Crippen LogP contribution in [0.1, 0.15) is 58.1 Å². The largest absolute Gasteiger partial charge is 0.443 e. The van der Waals surface area contributed by atoms with Crippen LogP contribution >= 0.6 is 11.3 Å². The fraction of sp³-hybridized carbons (Fsp3) is 0.355. The van der Waals surface area contributed by atoms with Gasteiger partial charge in [-0.05, 0) is 77.3 Å². The summed E-state index contributed by atoms with van der Waals surface area (Å²) >= 11 is 1.64. The number of para-hydroxylation sites is 4. The van der Waals surface area contributed by atoms with Crippen molar-refractivity contribution in [1.82, 2.24) is 24.0 Å². The Bertz CT molecular complexity index is 1580. The third kappa shape index (κ3) is 6.66. The zero-order chi connectivity index (χ0) is 29.4. The Morgan fingerprint density at radius 1 is 0.707 bits per heavy atom. The quantitative estimate of drug-likeness (QED) is 0.212. The van der Waals surface area contributed by atoms with Gasteiger partial charge in [-0.15, -0.1) is 11.3 Å². The molecule has 3 aromatic heterocycles. The molecule has 0 unspecified atom stereocenters. The van der Waals surface area contributed by atoms with Crippen molar-refractivity contribution < 1.29 is 19.1 Å². The average Bonchev–Trinajstić information content (AvgIpc) is 3.58. The Morgan fingerprint density at radius 3 is 1.59 bits per heavy atom. The SMILES string of the molecule is CC(C)(C)OC(=O)n1c(CN(Cc2cccs2)Cc2nc3ccccc3n2C(=O)OC(C)(C)C)nc2ccccc21. The number of hydrogen-bond acceptors (Lipinski definition) is 8. The summed E-state index contributed by atoms with van der Waals surface area (Å²) in [5.74, 6) is 1.08. The molecule has 5 aromatic rings. The van der Waals surface area contributed by atoms with Crippen molar-refractivity contribution in [2.45, 2.75) is 72.4 Å². The lowest BCUT2D eigenvalue weighted by molar-refractivity contribution is 0.0529. The second-order valence-corrected chi connectivity index (χ2v) is 12.9. The molecule has 3 heterocycles. The lowest BCUT2D eigenvalue weighted by Crippen LogP contribution is -2.32. The van der Waals surface area contributed by atoms with E-state index >= 15 is 0 Å². The maximum absolute atomic E-state index is 13.4. The minimum absolute atomic E-state index is 0.309. The average molecular weight is 574 g/mol. The van der Waals surface area contributed by atoms with E-state index in [0.29, 0.717) is 53.3 Å². The Labute approximate surface area is 243 Å². The number of fused-ring (bicyclic) bond motifs is 2. The van der Waals surface area contributed by atoms with E-state index in [2.05, 4.69) is 11.0 Å². The molecule has 0 aliphatic heterocycles. The van der Waals surface area contributed by atoms with Gasteiger partial charge in [-0.3, -0.25) is 4.90 Å². The van der Waals surface area contributed by atoms with Gasteiger partial charge >= 0.3 is 12.2 Å². The van der Waals surface area contributed by atoms with Crippen molar-refractivity contribution in [2.24, 2.45) is 0 Å². The van der Waals surface area contributed by atoms with Crippen LogP contribution < -0.4 is 0 Å². The van der Waals surface area contributed by atoms with Gasteiger partial charge in [-0.25, -0.2) is 28.7 Å². The number of imidazole rings is 2. The fourth-order valence-electron chi connectivity index (χ4n) is 4.58. The van der Waals surface area contributed by atoms with Gasteiger partial charge in [0.05, 0.1) is 35.2 Å². The number of thiophene rings is 1. The number of rotatable bonds is 6. The van der Waals surface area contributed by atoms with E-state index in [9.17, 15) is 9.59 Å². The van der Waals surface area contributed by atoms with Crippen LogP contribution in [0.3, 0.4) is 0 Å². The fourth-order valence-corrected chi connectivity index (χ4v) is 5.32. The van der Waals surface area contributed by atoms with E-state index < -0.39 is 23.4 Å². The Kier molecular flexibility index (Phi) is 7.72. The van der Waals surface area contributed by atoms with Crippen molar-refractivity contribution in [1.29, 1.82) is 0 Å². The summed E-state index contributed by atoms with van der Waals surface area (Å²) in [5.41, 5.74) is 1.40. The molecule has 0 amide bonds. The van der Waals surface area contributed by atoms with Gasteiger partial charge < -0.3 is 9.47 Å². The standard InChI is InChI=1S/C31H35N5O4S/c1-30(2,3)39-28(37)35-24-15-9-7-13-22(24)32-26(35)19-34(18-21-12-11-17-41-21)20-27-33-23-14-8-10-16-25(23)36(27)29(38)40-31(4,5)6/h7-17H,18-20H2,1-6H3. The van der Waals surface area contributed by atoms with Crippen LogP contribution in [0.25, 0.3) is 22.1 Å². The molecule has 0 atom stereocenters. The Hall–Kier alpha value is -4.02. The summed E-state index contributed by atoms with van der Waals surface area (Å²) < 4.78 is 14.6. The maximum atomic E-state index is 13.4. The number of hydrogen-bond donors (Lipinski definition) is 0. The van der Waals surface area contributed by atoms with Crippen molar-refractivity contribution in [3.8, 4) is 0 Å². The highest BCUT2D eigenvalue weighted by Crippen LogP contribution is 2.25. The van der Waals surface area contributed by atoms with Gasteiger partial charge in [0.2, 0.25) is 0 Å². The van der Waals surface area contributed by atoms with Crippen LogP contribution in [0.2, 0.25) is 0 Å². The number of ether oxygens (including phenoxy) is 2. The number of benzene rings is 2. The monoisotopic (exact) mass is 573 g/mol. The third-order valence-corrected chi connectivity index (χ3v) is 6.96. The summed E-state index contributed by atoms with van der Waals surface area (Å²) in [6.45, 7) is 12.2. The van der Waals surface area contributed by atoms with Gasteiger partial charge in [-0.2, -0.15) is 0 Å². The van der Waals surface area contributed by atoms with Crippen LogP contribution in [-0.2, 0) is 29.1 Å². The zero-order valence-corrected chi connectivity index (χ0v) is 25.1. The van der Waals surface area contributed by atoms with Crippen LogP contribution in [-0.4, -0.2) is 47.4 Å². The molecule has 9 nitrogen and oxygen atoms in total. The van der Waals surface area contributed by atoms with Gasteiger partial charge in [0.1, 0.15) is 22.9 Å². The maximum Gasteiger partial charge on any atom is 0.420 e. The molecular weight excluding hydrogens is 538 g/mol. The molecule has 0 saturated heterocycles. The van der Waals surface area contributed by atoms with Gasteiger partial charge in [0, 0.05) is 11.4 Å². The molecule has 5 rings (SSSR count). The first-order valence-corrected chi connectivity index (χ1v) is 14.4. The Morgan fingerprint density at radius 2 is 1.17 bits per heavy atom. The number of carbonyl (C=O) groups excluding carboxylic acids is 2. The molecule has 0 N–H and O–H groups in total. The highest BCUT2D eigenvalue weighted by molar-refractivity contribution is 7.09. The molecule has 0 radical (unpaired) electrons. The first-order valence-electron chi connectivity index (χ1n) is 13.5. The van der Waals surface area contributed by atoms with Crippen LogP contribution in [0.4, 0.5) is 9.59 Å². The summed E-state index contributed by atoms with van der Waals surface area (Å²) in [6, 6.07) is 19.1. The summed E-state index contributed by atoms with van der Waals surface area (Å²) in [6.07, 6.45) is -0.975. The summed E-state index contributed by atoms with van der Waals surface area (Å²) in [7, 11) is 0. The third-order valence-electron chi connectivity index (χ3n) is 6.10. The van der Waals surface area contributed by atoms with E-state index in [1.54, 1.807) is 20.5 Å². The van der Waals surface area contributed by atoms with E-state index in [0.717, 1.165) is 4.88 Å². The number of carbonyl (C=O) groups is 2. The van der Waals surface area contributed by atoms with E-state index in [1.807, 2.05) is 102 Å². The lowest BCUT2D eigenvalue weighted by Gasteiger charge is -2.24. The molecular formula is C31H35N5O4S. The first kappa shape index (κ1) is 28.5. The molecule has 41 heavy (non-hydrogen) atoms. The highest BCUT2D eigenvalue weighted by atomic mass is 32.1. The minimum Gasteiger partial charge on any atom is -0.443 e. The molecule has 0 saturated carbocycles. The molecule has 0 fully saturated rings. The topological polar surface area (TPSA) is 91.5 Å². The molecule has 10 heteroatoms. The molecule has 0 aliphatic rings. The van der Waals surface area contributed by atoms with E-state index in [-0.39, 0.29) is 0 Å². The predicted octanol–water partition coefficient (Wildman–Crippen LogP) is 7.22. The smallest absolute Gasteiger partial charge is 0.420 e. The van der Waals surface area contributed by atoms with Gasteiger partial charge in [-0.1, -0.05) is 30.3 Å². The van der Waals surface area contributed by atoms with Crippen molar-refractivity contribution >= 4 is 45.6 Å². The molecule has 0 bridgehead atoms. The molecule has 0 spiro atoms. The lowest BCUT2D eigenvalue weighted by atomic mass is 10.2. The normalized spacial score (nSPS) is 12.4. The van der Waals surface area contributed by atoms with Crippen molar-refractivity contribution in [2.75, 3.05) is 0 Å². The summed E-state index contributed by atoms with van der Waals surface area (Å²) in [5, 5.41) is 2.03. The zero-order valence-electron chi connectivity index (χ0n) is 24.2. The Balaban J connectivity index is 1.56. The molecule has 0 aliphatic carbocycles. The predicted molar refractivity (Wildman–Crippen MR) is 160 cm³/mol. The number of nitrogens with zero attached hydrogens (tertiary/aromatic N) is 5. The first-order chi connectivity index (χ1) is 19.4. The van der Waals surface area contributed by atoms with Crippen molar-refractivity contribution in [3.05, 3.63) is 82.6 Å².